The maximum atomic E-state index is 13.5. The minimum atomic E-state index is -0.171. The Labute approximate surface area is 200 Å². The van der Waals surface area contributed by atoms with Gasteiger partial charge in [0.1, 0.15) is 5.82 Å². The molecule has 1 aromatic heterocycles. The van der Waals surface area contributed by atoms with Crippen molar-refractivity contribution in [2.24, 2.45) is 0 Å². The Morgan fingerprint density at radius 3 is 2.55 bits per heavy atom. The van der Waals surface area contributed by atoms with E-state index in [1.807, 2.05) is 66.7 Å². The molecule has 7 heteroatoms. The number of benzene rings is 3. The second-order valence-corrected chi connectivity index (χ2v) is 9.35. The molecule has 2 heterocycles. The van der Waals surface area contributed by atoms with Crippen LogP contribution in [0.2, 0.25) is 0 Å². The van der Waals surface area contributed by atoms with Crippen LogP contribution in [0.5, 0.6) is 0 Å². The van der Waals surface area contributed by atoms with E-state index in [4.69, 9.17) is 4.98 Å². The molecule has 1 amide bonds. The van der Waals surface area contributed by atoms with Crippen LogP contribution in [0.3, 0.4) is 0 Å². The first kappa shape index (κ1) is 20.1. The number of hydrogen-bond acceptors (Lipinski definition) is 3. The maximum absolute atomic E-state index is 13.5. The van der Waals surface area contributed by atoms with Crippen molar-refractivity contribution in [3.05, 3.63) is 96.5 Å². The molecule has 0 bridgehead atoms. The van der Waals surface area contributed by atoms with Crippen molar-refractivity contribution in [1.82, 2.24) is 9.55 Å². The molecule has 1 aliphatic rings. The summed E-state index contributed by atoms with van der Waals surface area (Å²) in [6.45, 7) is 0. The highest BCUT2D eigenvalue weighted by atomic mass is 127. The molecule has 0 aliphatic carbocycles. The van der Waals surface area contributed by atoms with Crippen LogP contribution >= 0.6 is 38.5 Å². The van der Waals surface area contributed by atoms with Crippen LogP contribution in [0.4, 0.5) is 5.69 Å². The quantitative estimate of drug-likeness (QED) is 0.239. The molecule has 0 atom stereocenters. The molecule has 0 saturated carbocycles. The molecule has 0 radical (unpaired) electrons. The molecule has 0 fully saturated rings. The number of likely N-dealkylation sites (N-methyl/N-ethyl adjacent to an activating group) is 1. The lowest BCUT2D eigenvalue weighted by Crippen LogP contribution is -2.23. The van der Waals surface area contributed by atoms with E-state index in [-0.39, 0.29) is 11.5 Å². The number of fused-ring (bicyclic) bond motifs is 2. The van der Waals surface area contributed by atoms with Gasteiger partial charge in [0.15, 0.2) is 0 Å². The number of anilines is 1. The van der Waals surface area contributed by atoms with Crippen molar-refractivity contribution in [1.29, 1.82) is 0 Å². The molecular formula is C24H15BrIN3O2. The second kappa shape index (κ2) is 7.72. The Kier molecular flexibility index (Phi) is 5.02. The molecule has 0 saturated heterocycles. The lowest BCUT2D eigenvalue weighted by Gasteiger charge is -2.12. The van der Waals surface area contributed by atoms with E-state index in [1.54, 1.807) is 22.6 Å². The van der Waals surface area contributed by atoms with E-state index < -0.39 is 0 Å². The van der Waals surface area contributed by atoms with Gasteiger partial charge in [-0.3, -0.25) is 14.2 Å². The third kappa shape index (κ3) is 3.41. The van der Waals surface area contributed by atoms with Gasteiger partial charge in [-0.15, -0.1) is 0 Å². The minimum Gasteiger partial charge on any atom is -0.311 e. The fourth-order valence-electron chi connectivity index (χ4n) is 3.79. The smallest absolute Gasteiger partial charge is 0.266 e. The van der Waals surface area contributed by atoms with Crippen LogP contribution in [0.1, 0.15) is 11.4 Å². The van der Waals surface area contributed by atoms with Gasteiger partial charge in [0, 0.05) is 20.7 Å². The first-order valence-corrected chi connectivity index (χ1v) is 11.4. The Bertz CT molecular complexity index is 1460. The van der Waals surface area contributed by atoms with Gasteiger partial charge in [0.2, 0.25) is 0 Å². The van der Waals surface area contributed by atoms with Crippen LogP contribution in [-0.2, 0) is 4.79 Å². The molecule has 3 aromatic carbocycles. The van der Waals surface area contributed by atoms with E-state index in [1.165, 1.54) is 0 Å². The summed E-state index contributed by atoms with van der Waals surface area (Å²) in [6, 6.07) is 20.7. The molecular weight excluding hydrogens is 569 g/mol. The van der Waals surface area contributed by atoms with Crippen LogP contribution in [-0.4, -0.2) is 22.5 Å². The highest BCUT2D eigenvalue weighted by molar-refractivity contribution is 14.1. The number of amides is 1. The first-order valence-electron chi connectivity index (χ1n) is 9.51. The largest absolute Gasteiger partial charge is 0.311 e. The lowest BCUT2D eigenvalue weighted by molar-refractivity contribution is -0.112. The predicted octanol–water partition coefficient (Wildman–Crippen LogP) is 5.27. The topological polar surface area (TPSA) is 55.2 Å². The van der Waals surface area contributed by atoms with Crippen molar-refractivity contribution in [3.8, 4) is 5.69 Å². The zero-order valence-electron chi connectivity index (χ0n) is 16.3. The SMILES string of the molecule is CN1C(=O)/C(=C/c2nc3ccc(I)cc3c(=O)n2-c2ccccc2)c2cc(Br)ccc21. The van der Waals surface area contributed by atoms with Gasteiger partial charge in [0.25, 0.3) is 11.5 Å². The third-order valence-electron chi connectivity index (χ3n) is 5.29. The normalized spacial score (nSPS) is 14.5. The molecule has 5 rings (SSSR count). The van der Waals surface area contributed by atoms with E-state index in [2.05, 4.69) is 38.5 Å². The van der Waals surface area contributed by atoms with Gasteiger partial charge in [0.05, 0.1) is 27.9 Å². The first-order chi connectivity index (χ1) is 14.9. The van der Waals surface area contributed by atoms with Crippen LogP contribution < -0.4 is 10.5 Å². The summed E-state index contributed by atoms with van der Waals surface area (Å²) in [5.41, 5.74) is 3.25. The van der Waals surface area contributed by atoms with E-state index in [0.717, 1.165) is 19.3 Å². The van der Waals surface area contributed by atoms with Crippen molar-refractivity contribution < 1.29 is 4.79 Å². The average Bonchev–Trinajstić information content (AvgIpc) is 2.99. The predicted molar refractivity (Wildman–Crippen MR) is 135 cm³/mol. The Morgan fingerprint density at radius 2 is 1.77 bits per heavy atom. The lowest BCUT2D eigenvalue weighted by atomic mass is 10.1. The fraction of sp³-hybridized carbons (Fsp3) is 0.0417. The molecule has 152 valence electrons. The summed E-state index contributed by atoms with van der Waals surface area (Å²) in [4.78, 5) is 32.9. The van der Waals surface area contributed by atoms with Crippen molar-refractivity contribution in [2.45, 2.75) is 0 Å². The number of hydrogen-bond donors (Lipinski definition) is 0. The summed E-state index contributed by atoms with van der Waals surface area (Å²) in [7, 11) is 1.75. The molecule has 0 spiro atoms. The summed E-state index contributed by atoms with van der Waals surface area (Å²) >= 11 is 5.68. The van der Waals surface area contributed by atoms with Gasteiger partial charge in [-0.2, -0.15) is 0 Å². The Balaban J connectivity index is 1.84. The number of rotatable bonds is 2. The van der Waals surface area contributed by atoms with Crippen LogP contribution in [0.25, 0.3) is 28.2 Å². The standard InChI is InChI=1S/C24H15BrIN3O2/c1-28-21-10-7-14(25)11-17(21)18(23(28)30)13-22-27-20-9-8-15(26)12-19(20)24(31)29(22)16-5-3-2-4-6-16/h2-13H,1H3/b18-13+. The van der Waals surface area contributed by atoms with Gasteiger partial charge >= 0.3 is 0 Å². The van der Waals surface area contributed by atoms with E-state index in [0.29, 0.717) is 28.0 Å². The van der Waals surface area contributed by atoms with E-state index in [9.17, 15) is 9.59 Å². The number of halogens is 2. The number of carbonyl (C=O) groups is 1. The summed E-state index contributed by atoms with van der Waals surface area (Å²) in [5, 5.41) is 0.538. The van der Waals surface area contributed by atoms with Crippen LogP contribution in [0.15, 0.2) is 76.0 Å². The second-order valence-electron chi connectivity index (χ2n) is 7.19. The Hall–Kier alpha value is -2.78. The number of aromatic nitrogens is 2. The maximum Gasteiger partial charge on any atom is 0.266 e. The summed E-state index contributed by atoms with van der Waals surface area (Å²) in [5.74, 6) is 0.277. The molecule has 1 aliphatic heterocycles. The van der Waals surface area contributed by atoms with Gasteiger partial charge in [-0.05, 0) is 77.2 Å². The highest BCUT2D eigenvalue weighted by Crippen LogP contribution is 2.38. The van der Waals surface area contributed by atoms with Crippen molar-refractivity contribution in [3.63, 3.8) is 0 Å². The summed E-state index contributed by atoms with van der Waals surface area (Å²) < 4.78 is 3.40. The Morgan fingerprint density at radius 1 is 1.00 bits per heavy atom. The molecule has 0 N–H and O–H groups in total. The average molecular weight is 584 g/mol. The molecule has 0 unspecified atom stereocenters. The number of carbonyl (C=O) groups excluding carboxylic acids is 1. The zero-order chi connectivity index (χ0) is 21.7. The van der Waals surface area contributed by atoms with Crippen molar-refractivity contribution in [2.75, 3.05) is 11.9 Å². The number of nitrogens with zero attached hydrogens (tertiary/aromatic N) is 3. The molecule has 5 nitrogen and oxygen atoms in total. The monoisotopic (exact) mass is 583 g/mol. The number of para-hydroxylation sites is 1. The minimum absolute atomic E-state index is 0.135. The van der Waals surface area contributed by atoms with Gasteiger partial charge in [-0.25, -0.2) is 4.98 Å². The summed E-state index contributed by atoms with van der Waals surface area (Å²) in [6.07, 6.45) is 1.71. The van der Waals surface area contributed by atoms with Gasteiger partial charge < -0.3 is 4.90 Å². The van der Waals surface area contributed by atoms with Gasteiger partial charge in [-0.1, -0.05) is 34.1 Å². The highest BCUT2D eigenvalue weighted by Gasteiger charge is 2.30. The van der Waals surface area contributed by atoms with E-state index >= 15 is 0 Å². The van der Waals surface area contributed by atoms with Crippen LogP contribution in [0, 0.1) is 3.57 Å². The van der Waals surface area contributed by atoms with Crippen molar-refractivity contribution >= 4 is 72.7 Å². The molecule has 31 heavy (non-hydrogen) atoms. The third-order valence-corrected chi connectivity index (χ3v) is 6.45. The zero-order valence-corrected chi connectivity index (χ0v) is 20.1. The fourth-order valence-corrected chi connectivity index (χ4v) is 4.64. The molecule has 4 aromatic rings.